The summed E-state index contributed by atoms with van der Waals surface area (Å²) in [5.41, 5.74) is 0.603. The summed E-state index contributed by atoms with van der Waals surface area (Å²) in [6.07, 6.45) is 5.03. The number of benzene rings is 1. The highest BCUT2D eigenvalue weighted by molar-refractivity contribution is 7.15. The first kappa shape index (κ1) is 16.6. The number of halogens is 2. The molecule has 2 heterocycles. The summed E-state index contributed by atoms with van der Waals surface area (Å²) in [6.45, 7) is 1.96. The zero-order valence-electron chi connectivity index (χ0n) is 13.6. The largest absolute Gasteiger partial charge is 0.317 e. The van der Waals surface area contributed by atoms with Crippen LogP contribution in [0.1, 0.15) is 29.7 Å². The minimum atomic E-state index is -0.588. The molecule has 0 bridgehead atoms. The quantitative estimate of drug-likeness (QED) is 0.876. The van der Waals surface area contributed by atoms with Gasteiger partial charge in [-0.1, -0.05) is 6.07 Å². The van der Waals surface area contributed by atoms with Crippen LogP contribution in [0.15, 0.2) is 24.4 Å². The predicted octanol–water partition coefficient (Wildman–Crippen LogP) is 3.34. The molecule has 1 unspecified atom stereocenters. The standard InChI is InChI=1S/C18H19F2N3OS/c19-12-2-1-11(15(20)8-12)7-13-10-22-17(25-13)23-16(24)14-9-18(14)3-5-21-6-4-18/h1-2,8,10,14,21H,3-7,9H2,(H,22,23,24). The molecule has 2 N–H and O–H groups in total. The van der Waals surface area contributed by atoms with Crippen LogP contribution < -0.4 is 10.6 Å². The molecule has 2 fully saturated rings. The molecule has 1 saturated heterocycles. The van der Waals surface area contributed by atoms with Gasteiger partial charge in [0.1, 0.15) is 11.6 Å². The second kappa shape index (κ2) is 6.46. The predicted molar refractivity (Wildman–Crippen MR) is 92.6 cm³/mol. The lowest BCUT2D eigenvalue weighted by Gasteiger charge is -2.22. The average Bonchev–Trinajstić information content (AvgIpc) is 3.09. The Morgan fingerprint density at radius 1 is 1.36 bits per heavy atom. The second-order valence-corrected chi connectivity index (χ2v) is 8.02. The molecule has 4 rings (SSSR count). The molecule has 2 aliphatic rings. The van der Waals surface area contributed by atoms with Crippen LogP contribution in [0.5, 0.6) is 0 Å². The third-order valence-electron chi connectivity index (χ3n) is 5.27. The average molecular weight is 363 g/mol. The Balaban J connectivity index is 1.37. The van der Waals surface area contributed by atoms with Gasteiger partial charge in [0.05, 0.1) is 0 Å². The summed E-state index contributed by atoms with van der Waals surface area (Å²) in [5.74, 6) is -1.04. The van der Waals surface area contributed by atoms with Crippen molar-refractivity contribution in [3.05, 3.63) is 46.5 Å². The molecule has 1 atom stereocenters. The lowest BCUT2D eigenvalue weighted by atomic mass is 9.92. The lowest BCUT2D eigenvalue weighted by molar-refractivity contribution is -0.118. The summed E-state index contributed by atoms with van der Waals surface area (Å²) in [5, 5.41) is 6.77. The van der Waals surface area contributed by atoms with Crippen molar-refractivity contribution in [2.24, 2.45) is 11.3 Å². The molecular weight excluding hydrogens is 344 g/mol. The van der Waals surface area contributed by atoms with Gasteiger partial charge in [-0.05, 0) is 49.4 Å². The third kappa shape index (κ3) is 3.43. The molecule has 1 amide bonds. The van der Waals surface area contributed by atoms with Crippen molar-refractivity contribution >= 4 is 22.4 Å². The first-order valence-corrected chi connectivity index (χ1v) is 9.28. The molecule has 1 aromatic heterocycles. The van der Waals surface area contributed by atoms with Crippen molar-refractivity contribution in [1.82, 2.24) is 10.3 Å². The van der Waals surface area contributed by atoms with E-state index >= 15 is 0 Å². The zero-order valence-corrected chi connectivity index (χ0v) is 14.5. The van der Waals surface area contributed by atoms with Gasteiger partial charge in [-0.3, -0.25) is 4.79 Å². The van der Waals surface area contributed by atoms with Gasteiger partial charge in [-0.25, -0.2) is 13.8 Å². The Morgan fingerprint density at radius 2 is 2.16 bits per heavy atom. The first-order valence-electron chi connectivity index (χ1n) is 8.46. The summed E-state index contributed by atoms with van der Waals surface area (Å²) >= 11 is 1.33. The van der Waals surface area contributed by atoms with E-state index in [0.717, 1.165) is 43.3 Å². The number of carbonyl (C=O) groups excluding carboxylic acids is 1. The van der Waals surface area contributed by atoms with Crippen LogP contribution in [0.25, 0.3) is 0 Å². The van der Waals surface area contributed by atoms with Gasteiger partial charge in [0.25, 0.3) is 0 Å². The molecule has 1 aromatic carbocycles. The lowest BCUT2D eigenvalue weighted by Crippen LogP contribution is -2.31. The van der Waals surface area contributed by atoms with E-state index < -0.39 is 11.6 Å². The van der Waals surface area contributed by atoms with Crippen LogP contribution in [0, 0.1) is 23.0 Å². The van der Waals surface area contributed by atoms with Gasteiger partial charge in [-0.15, -0.1) is 11.3 Å². The smallest absolute Gasteiger partial charge is 0.229 e. The van der Waals surface area contributed by atoms with Gasteiger partial charge in [-0.2, -0.15) is 0 Å². The van der Waals surface area contributed by atoms with E-state index in [4.69, 9.17) is 0 Å². The number of nitrogens with one attached hydrogen (secondary N) is 2. The maximum atomic E-state index is 13.7. The molecule has 4 nitrogen and oxygen atoms in total. The number of amides is 1. The maximum Gasteiger partial charge on any atom is 0.229 e. The Kier molecular flexibility index (Phi) is 4.29. The Labute approximate surface area is 148 Å². The molecule has 2 aromatic rings. The van der Waals surface area contributed by atoms with Gasteiger partial charge in [0, 0.05) is 29.5 Å². The van der Waals surface area contributed by atoms with Crippen LogP contribution in [0.2, 0.25) is 0 Å². The van der Waals surface area contributed by atoms with Crippen molar-refractivity contribution in [2.75, 3.05) is 18.4 Å². The molecule has 25 heavy (non-hydrogen) atoms. The number of rotatable bonds is 4. The van der Waals surface area contributed by atoms with Crippen molar-refractivity contribution in [3.63, 3.8) is 0 Å². The van der Waals surface area contributed by atoms with Gasteiger partial charge < -0.3 is 10.6 Å². The topological polar surface area (TPSA) is 54.0 Å². The molecule has 1 aliphatic carbocycles. The number of anilines is 1. The van der Waals surface area contributed by atoms with E-state index in [-0.39, 0.29) is 17.2 Å². The zero-order chi connectivity index (χ0) is 17.4. The molecule has 1 spiro atoms. The number of carbonyl (C=O) groups is 1. The molecule has 7 heteroatoms. The van der Waals surface area contributed by atoms with Gasteiger partial charge in [0.2, 0.25) is 5.91 Å². The van der Waals surface area contributed by atoms with Crippen molar-refractivity contribution in [3.8, 4) is 0 Å². The Morgan fingerprint density at radius 3 is 2.92 bits per heavy atom. The summed E-state index contributed by atoms with van der Waals surface area (Å²) < 4.78 is 26.7. The number of hydrogen-bond acceptors (Lipinski definition) is 4. The summed E-state index contributed by atoms with van der Waals surface area (Å²) in [4.78, 5) is 17.5. The van der Waals surface area contributed by atoms with Crippen LogP contribution >= 0.6 is 11.3 Å². The molecule has 0 radical (unpaired) electrons. The highest BCUT2D eigenvalue weighted by Crippen LogP contribution is 2.58. The van der Waals surface area contributed by atoms with E-state index in [1.807, 2.05) is 0 Å². The SMILES string of the molecule is O=C(Nc1ncc(Cc2ccc(F)cc2F)s1)C1CC12CCNCC2. The normalized spacial score (nSPS) is 21.3. The number of piperidine rings is 1. The Hall–Kier alpha value is -1.86. The monoisotopic (exact) mass is 363 g/mol. The van der Waals surface area contributed by atoms with Crippen molar-refractivity contribution in [1.29, 1.82) is 0 Å². The van der Waals surface area contributed by atoms with Crippen molar-refractivity contribution in [2.45, 2.75) is 25.7 Å². The second-order valence-electron chi connectivity index (χ2n) is 6.90. The van der Waals surface area contributed by atoms with E-state index in [9.17, 15) is 13.6 Å². The van der Waals surface area contributed by atoms with Crippen molar-refractivity contribution < 1.29 is 13.6 Å². The summed E-state index contributed by atoms with van der Waals surface area (Å²) in [7, 11) is 0. The van der Waals surface area contributed by atoms with E-state index in [1.54, 1.807) is 6.20 Å². The van der Waals surface area contributed by atoms with E-state index in [1.165, 1.54) is 23.5 Å². The number of hydrogen-bond donors (Lipinski definition) is 2. The van der Waals surface area contributed by atoms with Gasteiger partial charge >= 0.3 is 0 Å². The minimum absolute atomic E-state index is 0.0377. The maximum absolute atomic E-state index is 13.7. The van der Waals surface area contributed by atoms with Crippen LogP contribution in [0.4, 0.5) is 13.9 Å². The number of thiazole rings is 1. The molecular formula is C18H19F2N3OS. The molecule has 1 aliphatic heterocycles. The molecule has 132 valence electrons. The highest BCUT2D eigenvalue weighted by atomic mass is 32.1. The fourth-order valence-electron chi connectivity index (χ4n) is 3.69. The van der Waals surface area contributed by atoms with Crippen LogP contribution in [-0.2, 0) is 11.2 Å². The molecule has 1 saturated carbocycles. The van der Waals surface area contributed by atoms with Gasteiger partial charge in [0.15, 0.2) is 5.13 Å². The summed E-state index contributed by atoms with van der Waals surface area (Å²) in [6, 6.07) is 3.56. The van der Waals surface area contributed by atoms with E-state index in [2.05, 4.69) is 15.6 Å². The fraction of sp³-hybridized carbons (Fsp3) is 0.444. The number of aromatic nitrogens is 1. The van der Waals surface area contributed by atoms with E-state index in [0.29, 0.717) is 17.1 Å². The first-order chi connectivity index (χ1) is 12.1. The highest BCUT2D eigenvalue weighted by Gasteiger charge is 2.57. The minimum Gasteiger partial charge on any atom is -0.317 e. The van der Waals surface area contributed by atoms with Crippen LogP contribution in [0.3, 0.4) is 0 Å². The number of nitrogens with zero attached hydrogens (tertiary/aromatic N) is 1. The third-order valence-corrected chi connectivity index (χ3v) is 6.18. The fourth-order valence-corrected chi connectivity index (χ4v) is 4.53. The van der Waals surface area contributed by atoms with Crippen LogP contribution in [-0.4, -0.2) is 24.0 Å². The Bertz CT molecular complexity index is 801.